The minimum Gasteiger partial charge on any atom is -0.388 e. The van der Waals surface area contributed by atoms with Gasteiger partial charge in [0.15, 0.2) is 11.3 Å². The van der Waals surface area contributed by atoms with Crippen LogP contribution in [0, 0.1) is 18.3 Å². The quantitative estimate of drug-likeness (QED) is 0.310. The van der Waals surface area contributed by atoms with E-state index in [1.165, 1.54) is 0 Å². The number of rotatable bonds is 4. The molecule has 0 saturated carbocycles. The maximum absolute atomic E-state index is 14.3. The third-order valence-corrected chi connectivity index (χ3v) is 7.84. The predicted octanol–water partition coefficient (Wildman–Crippen LogP) is 6.86. The summed E-state index contributed by atoms with van der Waals surface area (Å²) in [5, 5.41) is 4.96. The minimum absolute atomic E-state index is 0.108. The van der Waals surface area contributed by atoms with Gasteiger partial charge in [-0.05, 0) is 80.0 Å². The molecule has 0 fully saturated rings. The second-order valence-corrected chi connectivity index (χ2v) is 10.6. The van der Waals surface area contributed by atoms with Crippen LogP contribution in [0.2, 0.25) is 5.02 Å². The fourth-order valence-electron chi connectivity index (χ4n) is 6.11. The second-order valence-electron chi connectivity index (χ2n) is 10.2. The fraction of sp³-hybridized carbons (Fsp3) is 0.433. The van der Waals surface area contributed by atoms with Crippen LogP contribution in [0.3, 0.4) is 0 Å². The van der Waals surface area contributed by atoms with Crippen LogP contribution in [0.25, 0.3) is 11.1 Å². The molecule has 0 aliphatic heterocycles. The molecule has 2 unspecified atom stereocenters. The van der Waals surface area contributed by atoms with Crippen LogP contribution in [0.15, 0.2) is 52.0 Å². The maximum Gasteiger partial charge on any atom is 0.168 e. The largest absolute Gasteiger partial charge is 0.388 e. The van der Waals surface area contributed by atoms with Gasteiger partial charge in [0.05, 0.1) is 11.5 Å². The molecule has 1 heterocycles. The highest BCUT2D eigenvalue weighted by Crippen LogP contribution is 2.60. The number of fused-ring (bicyclic) bond motifs is 2. The van der Waals surface area contributed by atoms with Crippen molar-refractivity contribution in [3.05, 3.63) is 75.6 Å². The SMILES string of the molecule is CC.CC(N)=NC1(C(=O)C(C)C)c2cc(-c3cccc(Cl)c3)ccc2CC12CCc1noc(C)c1C2. The zero-order valence-electron chi connectivity index (χ0n) is 22.1. The lowest BCUT2D eigenvalue weighted by Gasteiger charge is -2.46. The minimum atomic E-state index is -1.06. The number of aromatic nitrogens is 1. The van der Waals surface area contributed by atoms with Gasteiger partial charge in [-0.2, -0.15) is 0 Å². The first-order valence-corrected chi connectivity index (χ1v) is 13.2. The molecule has 0 amide bonds. The van der Waals surface area contributed by atoms with Crippen molar-refractivity contribution in [3.63, 3.8) is 0 Å². The number of halogens is 1. The lowest BCUT2D eigenvalue weighted by atomic mass is 9.58. The van der Waals surface area contributed by atoms with Crippen LogP contribution in [0.1, 0.15) is 69.2 Å². The highest BCUT2D eigenvalue weighted by atomic mass is 35.5. The number of hydrogen-bond donors (Lipinski definition) is 1. The van der Waals surface area contributed by atoms with E-state index in [1.54, 1.807) is 6.92 Å². The zero-order chi connectivity index (χ0) is 26.3. The van der Waals surface area contributed by atoms with Gasteiger partial charge < -0.3 is 10.3 Å². The number of aliphatic imine (C=N–C) groups is 1. The summed E-state index contributed by atoms with van der Waals surface area (Å²) in [4.78, 5) is 19.3. The average molecular weight is 506 g/mol. The van der Waals surface area contributed by atoms with Crippen molar-refractivity contribution in [1.29, 1.82) is 0 Å². The maximum atomic E-state index is 14.3. The van der Waals surface area contributed by atoms with Gasteiger partial charge in [0.2, 0.25) is 0 Å². The summed E-state index contributed by atoms with van der Waals surface area (Å²) < 4.78 is 5.53. The van der Waals surface area contributed by atoms with Gasteiger partial charge in [0.25, 0.3) is 0 Å². The Labute approximate surface area is 219 Å². The number of Topliss-reactive ketones (excluding diaryl/α,β-unsaturated/α-hetero) is 1. The fourth-order valence-corrected chi connectivity index (χ4v) is 6.30. The predicted molar refractivity (Wildman–Crippen MR) is 146 cm³/mol. The van der Waals surface area contributed by atoms with E-state index in [9.17, 15) is 4.79 Å². The van der Waals surface area contributed by atoms with E-state index in [0.717, 1.165) is 58.5 Å². The number of hydrogen-bond acceptors (Lipinski definition) is 4. The Bertz CT molecular complexity index is 1320. The first-order valence-electron chi connectivity index (χ1n) is 12.9. The van der Waals surface area contributed by atoms with Crippen LogP contribution in [0.4, 0.5) is 0 Å². The van der Waals surface area contributed by atoms with Crippen molar-refractivity contribution >= 4 is 23.2 Å². The van der Waals surface area contributed by atoms with Gasteiger partial charge in [-0.25, -0.2) is 0 Å². The van der Waals surface area contributed by atoms with E-state index < -0.39 is 11.0 Å². The van der Waals surface area contributed by atoms with Crippen molar-refractivity contribution in [2.45, 2.75) is 72.8 Å². The molecule has 5 nitrogen and oxygen atoms in total. The van der Waals surface area contributed by atoms with Gasteiger partial charge in [0.1, 0.15) is 5.76 Å². The van der Waals surface area contributed by atoms with Crippen LogP contribution >= 0.6 is 11.6 Å². The van der Waals surface area contributed by atoms with Crippen LogP contribution < -0.4 is 5.73 Å². The van der Waals surface area contributed by atoms with Gasteiger partial charge in [-0.3, -0.25) is 9.79 Å². The van der Waals surface area contributed by atoms with Gasteiger partial charge in [0, 0.05) is 21.9 Å². The summed E-state index contributed by atoms with van der Waals surface area (Å²) >= 11 is 6.29. The standard InChI is InChI=1S/C28H30ClN3O2.C2H6/c1-16(2)26(33)28(31-18(4)30)24-13-20(19-6-5-7-22(29)12-19)8-9-21(24)14-27(28)11-10-25-23(15-27)17(3)34-32-25;1-2/h5-9,12-13,16H,10-11,14-15H2,1-4H3,(H2,30,31);1-2H3. The molecule has 2 atom stereocenters. The molecular weight excluding hydrogens is 470 g/mol. The molecule has 3 aromatic rings. The summed E-state index contributed by atoms with van der Waals surface area (Å²) in [5.74, 6) is 1.15. The average Bonchev–Trinajstić information content (AvgIpc) is 3.34. The molecule has 2 N–H and O–H groups in total. The van der Waals surface area contributed by atoms with Crippen LogP contribution in [-0.2, 0) is 29.6 Å². The van der Waals surface area contributed by atoms with Crippen molar-refractivity contribution in [3.8, 4) is 11.1 Å². The molecule has 2 aliphatic rings. The topological polar surface area (TPSA) is 81.5 Å². The Kier molecular flexibility index (Phi) is 7.16. The number of ketones is 1. The summed E-state index contributed by atoms with van der Waals surface area (Å²) in [5.41, 5.74) is 11.0. The molecule has 0 radical (unpaired) electrons. The van der Waals surface area contributed by atoms with E-state index in [2.05, 4.69) is 23.4 Å². The van der Waals surface area contributed by atoms with Crippen molar-refractivity contribution < 1.29 is 9.32 Å². The van der Waals surface area contributed by atoms with Crippen molar-refractivity contribution in [2.75, 3.05) is 0 Å². The number of nitrogens with two attached hydrogens (primary N) is 1. The van der Waals surface area contributed by atoms with Crippen LogP contribution in [-0.4, -0.2) is 16.8 Å². The van der Waals surface area contributed by atoms with Crippen LogP contribution in [0.5, 0.6) is 0 Å². The molecule has 2 aromatic carbocycles. The molecule has 36 heavy (non-hydrogen) atoms. The number of carbonyl (C=O) groups excluding carboxylic acids is 1. The number of nitrogens with zero attached hydrogens (tertiary/aromatic N) is 2. The van der Waals surface area contributed by atoms with Gasteiger partial charge in [-0.15, -0.1) is 0 Å². The second kappa shape index (κ2) is 9.85. The Hall–Kier alpha value is -2.92. The summed E-state index contributed by atoms with van der Waals surface area (Å²) in [6.07, 6.45) is 3.00. The Balaban J connectivity index is 0.00000148. The number of amidine groups is 1. The number of carbonyl (C=O) groups is 1. The van der Waals surface area contributed by atoms with E-state index in [-0.39, 0.29) is 11.7 Å². The first-order chi connectivity index (χ1) is 17.2. The molecule has 2 aliphatic carbocycles. The van der Waals surface area contributed by atoms with Crippen molar-refractivity contribution in [2.24, 2.45) is 22.1 Å². The lowest BCUT2D eigenvalue weighted by molar-refractivity contribution is -0.132. The normalized spacial score (nSPS) is 22.7. The number of aryl methyl sites for hydroxylation is 2. The molecule has 190 valence electrons. The monoisotopic (exact) mass is 505 g/mol. The van der Waals surface area contributed by atoms with Gasteiger partial charge >= 0.3 is 0 Å². The molecule has 1 spiro atoms. The highest BCUT2D eigenvalue weighted by Gasteiger charge is 2.63. The van der Waals surface area contributed by atoms with Gasteiger partial charge in [-0.1, -0.05) is 68.7 Å². The molecule has 5 rings (SSSR count). The third-order valence-electron chi connectivity index (χ3n) is 7.60. The zero-order valence-corrected chi connectivity index (χ0v) is 22.9. The van der Waals surface area contributed by atoms with E-state index in [0.29, 0.717) is 17.3 Å². The Morgan fingerprint density at radius 2 is 1.86 bits per heavy atom. The molecular formula is C30H36ClN3O2. The Morgan fingerprint density at radius 1 is 1.14 bits per heavy atom. The lowest BCUT2D eigenvalue weighted by Crippen LogP contribution is -2.52. The molecule has 0 saturated heterocycles. The third kappa shape index (κ3) is 4.07. The number of benzene rings is 2. The summed E-state index contributed by atoms with van der Waals surface area (Å²) in [6.45, 7) is 11.6. The summed E-state index contributed by atoms with van der Waals surface area (Å²) in [7, 11) is 0. The first kappa shape index (κ1) is 26.2. The van der Waals surface area contributed by atoms with E-state index in [4.69, 9.17) is 26.9 Å². The smallest absolute Gasteiger partial charge is 0.168 e. The summed E-state index contributed by atoms with van der Waals surface area (Å²) in [6, 6.07) is 14.2. The molecule has 1 aromatic heterocycles. The van der Waals surface area contributed by atoms with E-state index >= 15 is 0 Å². The highest BCUT2D eigenvalue weighted by molar-refractivity contribution is 6.30. The molecule has 0 bridgehead atoms. The van der Waals surface area contributed by atoms with E-state index in [1.807, 2.05) is 58.9 Å². The van der Waals surface area contributed by atoms with Crippen molar-refractivity contribution in [1.82, 2.24) is 5.16 Å². The molecule has 6 heteroatoms. The Morgan fingerprint density at radius 3 is 2.53 bits per heavy atom.